The highest BCUT2D eigenvalue weighted by molar-refractivity contribution is 5.36. The largest absolute Gasteiger partial charge is 0.463 e. The molecule has 1 aliphatic carbocycles. The molecule has 0 radical (unpaired) electrons. The van der Waals surface area contributed by atoms with Gasteiger partial charge in [0.05, 0.1) is 6.61 Å². The van der Waals surface area contributed by atoms with Crippen molar-refractivity contribution in [1.29, 1.82) is 0 Å². The zero-order valence-corrected chi connectivity index (χ0v) is 12.9. The zero-order chi connectivity index (χ0) is 15.1. The topological polar surface area (TPSA) is 98.0 Å². The average molecular weight is 294 g/mol. The van der Waals surface area contributed by atoms with Gasteiger partial charge in [0.25, 0.3) is 0 Å². The summed E-state index contributed by atoms with van der Waals surface area (Å²) in [6.45, 7) is 4.85. The summed E-state index contributed by atoms with van der Waals surface area (Å²) in [4.78, 5) is 12.7. The van der Waals surface area contributed by atoms with E-state index in [4.69, 9.17) is 10.6 Å². The molecule has 1 aromatic heterocycles. The Kier molecular flexibility index (Phi) is 5.98. The first-order chi connectivity index (χ1) is 10.3. The van der Waals surface area contributed by atoms with E-state index in [1.807, 2.05) is 6.92 Å². The van der Waals surface area contributed by atoms with Gasteiger partial charge < -0.3 is 10.1 Å². The highest BCUT2D eigenvalue weighted by Gasteiger charge is 2.24. The Morgan fingerprint density at radius 2 is 1.90 bits per heavy atom. The molecule has 7 heteroatoms. The number of nitrogens with one attached hydrogen (secondary N) is 2. The van der Waals surface area contributed by atoms with Gasteiger partial charge in [-0.25, -0.2) is 5.84 Å². The van der Waals surface area contributed by atoms with Crippen LogP contribution in [0.4, 0.5) is 11.9 Å². The maximum absolute atomic E-state index is 5.48. The maximum atomic E-state index is 5.48. The first-order valence-electron chi connectivity index (χ1n) is 7.88. The molecular formula is C14H26N6O. The van der Waals surface area contributed by atoms with E-state index in [9.17, 15) is 0 Å². The molecule has 0 amide bonds. The van der Waals surface area contributed by atoms with Crippen LogP contribution in [0.15, 0.2) is 0 Å². The summed E-state index contributed by atoms with van der Waals surface area (Å²) in [6.07, 6.45) is 7.06. The molecule has 0 aliphatic heterocycles. The van der Waals surface area contributed by atoms with Crippen LogP contribution in [0, 0.1) is 5.92 Å². The number of nitrogens with zero attached hydrogens (tertiary/aromatic N) is 3. The standard InChI is InChI=1S/C14H26N6O/c1-3-9-21-14-18-12(17-13(19-14)20-15)16-11-8-6-5-7-10(11)4-2/h10-11H,3-9,15H2,1-2H3,(H2,16,17,18,19,20). The molecule has 21 heavy (non-hydrogen) atoms. The smallest absolute Gasteiger partial charge is 0.323 e. The van der Waals surface area contributed by atoms with E-state index in [0.29, 0.717) is 36.5 Å². The lowest BCUT2D eigenvalue weighted by molar-refractivity contribution is 0.290. The minimum absolute atomic E-state index is 0.311. The second-order valence-electron chi connectivity index (χ2n) is 5.46. The van der Waals surface area contributed by atoms with Gasteiger partial charge in [-0.3, -0.25) is 5.43 Å². The number of anilines is 2. The summed E-state index contributed by atoms with van der Waals surface area (Å²) < 4.78 is 5.48. The molecule has 2 unspecified atom stereocenters. The van der Waals surface area contributed by atoms with Crippen LogP contribution in [-0.2, 0) is 0 Å². The van der Waals surface area contributed by atoms with Crippen molar-refractivity contribution >= 4 is 11.9 Å². The molecule has 1 aromatic rings. The predicted octanol–water partition coefficient (Wildman–Crippen LogP) is 2.33. The molecule has 1 aliphatic rings. The minimum atomic E-state index is 0.311. The predicted molar refractivity (Wildman–Crippen MR) is 83.1 cm³/mol. The molecule has 0 saturated heterocycles. The van der Waals surface area contributed by atoms with Crippen LogP contribution < -0.4 is 21.3 Å². The van der Waals surface area contributed by atoms with E-state index in [1.54, 1.807) is 0 Å². The molecule has 118 valence electrons. The van der Waals surface area contributed by atoms with Crippen LogP contribution in [0.25, 0.3) is 0 Å². The van der Waals surface area contributed by atoms with Crippen LogP contribution in [0.2, 0.25) is 0 Å². The van der Waals surface area contributed by atoms with Gasteiger partial charge in [-0.1, -0.05) is 33.1 Å². The molecule has 2 rings (SSSR count). The van der Waals surface area contributed by atoms with E-state index in [2.05, 4.69) is 32.6 Å². The number of rotatable bonds is 7. The van der Waals surface area contributed by atoms with E-state index in [-0.39, 0.29) is 0 Å². The number of nitrogen functional groups attached to an aromatic ring is 1. The van der Waals surface area contributed by atoms with E-state index in [0.717, 1.165) is 12.8 Å². The Morgan fingerprint density at radius 3 is 2.62 bits per heavy atom. The Hall–Kier alpha value is -1.63. The lowest BCUT2D eigenvalue weighted by Crippen LogP contribution is -2.32. The second kappa shape index (κ2) is 7.97. The second-order valence-corrected chi connectivity index (χ2v) is 5.46. The maximum Gasteiger partial charge on any atom is 0.323 e. The number of hydrazine groups is 1. The minimum Gasteiger partial charge on any atom is -0.463 e. The van der Waals surface area contributed by atoms with E-state index < -0.39 is 0 Å². The third-order valence-corrected chi connectivity index (χ3v) is 3.93. The monoisotopic (exact) mass is 294 g/mol. The van der Waals surface area contributed by atoms with Crippen LogP contribution >= 0.6 is 0 Å². The van der Waals surface area contributed by atoms with Crippen molar-refractivity contribution in [3.05, 3.63) is 0 Å². The van der Waals surface area contributed by atoms with Gasteiger partial charge in [0, 0.05) is 6.04 Å². The van der Waals surface area contributed by atoms with Crippen molar-refractivity contribution in [2.24, 2.45) is 11.8 Å². The quantitative estimate of drug-likeness (QED) is 0.524. The third-order valence-electron chi connectivity index (χ3n) is 3.93. The van der Waals surface area contributed by atoms with E-state index in [1.165, 1.54) is 25.7 Å². The third kappa shape index (κ3) is 4.42. The molecule has 1 saturated carbocycles. The number of ether oxygens (including phenoxy) is 1. The van der Waals surface area contributed by atoms with Gasteiger partial charge in [0.1, 0.15) is 0 Å². The van der Waals surface area contributed by atoms with Crippen LogP contribution in [0.5, 0.6) is 6.01 Å². The highest BCUT2D eigenvalue weighted by atomic mass is 16.5. The van der Waals surface area contributed by atoms with Crippen molar-refractivity contribution in [3.63, 3.8) is 0 Å². The molecule has 0 aromatic carbocycles. The summed E-state index contributed by atoms with van der Waals surface area (Å²) in [5.41, 5.74) is 2.46. The van der Waals surface area contributed by atoms with Gasteiger partial charge in [-0.15, -0.1) is 0 Å². The number of hydrogen-bond donors (Lipinski definition) is 3. The van der Waals surface area contributed by atoms with Gasteiger partial charge in [-0.05, 0) is 25.2 Å². The first-order valence-corrected chi connectivity index (χ1v) is 7.88. The molecule has 0 bridgehead atoms. The highest BCUT2D eigenvalue weighted by Crippen LogP contribution is 2.29. The van der Waals surface area contributed by atoms with Gasteiger partial charge >= 0.3 is 6.01 Å². The average Bonchev–Trinajstić information content (AvgIpc) is 2.53. The molecular weight excluding hydrogens is 268 g/mol. The van der Waals surface area contributed by atoms with Gasteiger partial charge in [0.2, 0.25) is 11.9 Å². The van der Waals surface area contributed by atoms with Crippen molar-refractivity contribution < 1.29 is 4.74 Å². The summed E-state index contributed by atoms with van der Waals surface area (Å²) >= 11 is 0. The summed E-state index contributed by atoms with van der Waals surface area (Å²) in [5, 5.41) is 3.44. The summed E-state index contributed by atoms with van der Waals surface area (Å²) in [5.74, 6) is 6.95. The molecule has 7 nitrogen and oxygen atoms in total. The lowest BCUT2D eigenvalue weighted by Gasteiger charge is -2.31. The fraction of sp³-hybridized carbons (Fsp3) is 0.786. The van der Waals surface area contributed by atoms with Crippen molar-refractivity contribution in [1.82, 2.24) is 15.0 Å². The van der Waals surface area contributed by atoms with E-state index >= 15 is 0 Å². The molecule has 0 spiro atoms. The molecule has 4 N–H and O–H groups in total. The summed E-state index contributed by atoms with van der Waals surface area (Å²) in [7, 11) is 0. The van der Waals surface area contributed by atoms with Crippen molar-refractivity contribution in [2.45, 2.75) is 58.4 Å². The SMILES string of the molecule is CCCOc1nc(NN)nc(NC2CCCCC2CC)n1. The fourth-order valence-corrected chi connectivity index (χ4v) is 2.80. The molecule has 1 heterocycles. The number of aromatic nitrogens is 3. The normalized spacial score (nSPS) is 21.9. The Morgan fingerprint density at radius 1 is 1.14 bits per heavy atom. The zero-order valence-electron chi connectivity index (χ0n) is 12.9. The van der Waals surface area contributed by atoms with Gasteiger partial charge in [0.15, 0.2) is 0 Å². The van der Waals surface area contributed by atoms with Crippen LogP contribution in [0.3, 0.4) is 0 Å². The van der Waals surface area contributed by atoms with Crippen molar-refractivity contribution in [2.75, 3.05) is 17.3 Å². The lowest BCUT2D eigenvalue weighted by atomic mass is 9.83. The first kappa shape index (κ1) is 15.8. The van der Waals surface area contributed by atoms with Crippen molar-refractivity contribution in [3.8, 4) is 6.01 Å². The number of hydrogen-bond acceptors (Lipinski definition) is 7. The Labute approximate surface area is 126 Å². The van der Waals surface area contributed by atoms with Crippen LogP contribution in [-0.4, -0.2) is 27.6 Å². The Bertz CT molecular complexity index is 441. The summed E-state index contributed by atoms with van der Waals surface area (Å²) in [6, 6.07) is 0.724. The van der Waals surface area contributed by atoms with Gasteiger partial charge in [-0.2, -0.15) is 15.0 Å². The Balaban J connectivity index is 2.10. The van der Waals surface area contributed by atoms with Crippen LogP contribution in [0.1, 0.15) is 52.4 Å². The molecule has 2 atom stereocenters. The number of nitrogens with two attached hydrogens (primary N) is 1. The fourth-order valence-electron chi connectivity index (χ4n) is 2.80. The molecule has 1 fully saturated rings.